The molecule has 1 atom stereocenters. The first-order valence-corrected chi connectivity index (χ1v) is 3.39. The SMILES string of the molecule is CC1[CH]CCS1. The van der Waals surface area contributed by atoms with Crippen LogP contribution in [0.4, 0.5) is 0 Å². The van der Waals surface area contributed by atoms with Crippen LogP contribution >= 0.6 is 11.8 Å². The molecule has 1 heterocycles. The molecule has 0 aromatic heterocycles. The van der Waals surface area contributed by atoms with Gasteiger partial charge < -0.3 is 0 Å². The number of hydrogen-bond donors (Lipinski definition) is 0. The lowest BCUT2D eigenvalue weighted by molar-refractivity contribution is 1.05. The van der Waals surface area contributed by atoms with Crippen LogP contribution < -0.4 is 0 Å². The molecule has 0 aliphatic carbocycles. The van der Waals surface area contributed by atoms with Gasteiger partial charge in [0.2, 0.25) is 0 Å². The predicted molar refractivity (Wildman–Crippen MR) is 30.8 cm³/mol. The first-order chi connectivity index (χ1) is 2.89. The maximum Gasteiger partial charge on any atom is 0.00503 e. The van der Waals surface area contributed by atoms with Crippen molar-refractivity contribution in [2.75, 3.05) is 5.75 Å². The van der Waals surface area contributed by atoms with Crippen molar-refractivity contribution in [3.8, 4) is 0 Å². The van der Waals surface area contributed by atoms with Crippen LogP contribution in [0.25, 0.3) is 0 Å². The zero-order valence-corrected chi connectivity index (χ0v) is 4.79. The van der Waals surface area contributed by atoms with Crippen molar-refractivity contribution in [2.24, 2.45) is 0 Å². The van der Waals surface area contributed by atoms with Gasteiger partial charge >= 0.3 is 0 Å². The fraction of sp³-hybridized carbons (Fsp3) is 0.800. The van der Waals surface area contributed by atoms with Crippen molar-refractivity contribution in [3.05, 3.63) is 6.42 Å². The van der Waals surface area contributed by atoms with E-state index in [1.54, 1.807) is 0 Å². The molecular weight excluding hydrogens is 92.1 g/mol. The standard InChI is InChI=1S/C5H9S/c1-5-3-2-4-6-5/h3,5H,2,4H2,1H3. The highest BCUT2D eigenvalue weighted by atomic mass is 32.2. The Balaban J connectivity index is 2.18. The molecule has 1 unspecified atom stereocenters. The molecule has 0 bridgehead atoms. The van der Waals surface area contributed by atoms with Crippen LogP contribution in [0.1, 0.15) is 13.3 Å². The zero-order valence-electron chi connectivity index (χ0n) is 3.98. The predicted octanol–water partition coefficient (Wildman–Crippen LogP) is 1.72. The molecule has 0 spiro atoms. The smallest absolute Gasteiger partial charge is 0.00503 e. The molecule has 0 saturated carbocycles. The highest BCUT2D eigenvalue weighted by Gasteiger charge is 2.08. The Morgan fingerprint density at radius 2 is 2.67 bits per heavy atom. The third-order valence-corrected chi connectivity index (χ3v) is 2.19. The van der Waals surface area contributed by atoms with Crippen LogP contribution in [0.3, 0.4) is 0 Å². The third kappa shape index (κ3) is 0.904. The van der Waals surface area contributed by atoms with Gasteiger partial charge in [-0.05, 0) is 18.6 Å². The molecular formula is C5H9S. The minimum Gasteiger partial charge on any atom is -0.159 e. The molecule has 0 aromatic rings. The van der Waals surface area contributed by atoms with E-state index in [4.69, 9.17) is 0 Å². The Morgan fingerprint density at radius 1 is 1.83 bits per heavy atom. The molecule has 1 heteroatoms. The molecule has 0 amide bonds. The Labute approximate surface area is 43.3 Å². The lowest BCUT2D eigenvalue weighted by Crippen LogP contribution is -1.83. The lowest BCUT2D eigenvalue weighted by Gasteiger charge is -1.90. The van der Waals surface area contributed by atoms with Crippen molar-refractivity contribution in [1.82, 2.24) is 0 Å². The summed E-state index contributed by atoms with van der Waals surface area (Å²) in [6, 6.07) is 0. The number of thioether (sulfide) groups is 1. The van der Waals surface area contributed by atoms with Crippen molar-refractivity contribution in [1.29, 1.82) is 0 Å². The van der Waals surface area contributed by atoms with Crippen LogP contribution in [0.2, 0.25) is 0 Å². The summed E-state index contributed by atoms with van der Waals surface area (Å²) in [5, 5.41) is 0.838. The van der Waals surface area contributed by atoms with E-state index in [1.165, 1.54) is 12.2 Å². The van der Waals surface area contributed by atoms with Gasteiger partial charge in [-0.15, -0.1) is 0 Å². The largest absolute Gasteiger partial charge is 0.159 e. The van der Waals surface area contributed by atoms with Crippen LogP contribution in [-0.4, -0.2) is 11.0 Å². The second-order valence-electron chi connectivity index (χ2n) is 1.60. The summed E-state index contributed by atoms with van der Waals surface area (Å²) in [6.07, 6.45) is 3.69. The van der Waals surface area contributed by atoms with Crippen molar-refractivity contribution in [3.63, 3.8) is 0 Å². The first kappa shape index (κ1) is 4.51. The monoisotopic (exact) mass is 101 g/mol. The zero-order chi connectivity index (χ0) is 4.41. The molecule has 1 saturated heterocycles. The molecule has 35 valence electrons. The van der Waals surface area contributed by atoms with E-state index in [1.807, 2.05) is 11.8 Å². The van der Waals surface area contributed by atoms with Gasteiger partial charge in [-0.2, -0.15) is 11.8 Å². The molecule has 1 aliphatic heterocycles. The van der Waals surface area contributed by atoms with Gasteiger partial charge in [0.1, 0.15) is 0 Å². The van der Waals surface area contributed by atoms with Crippen molar-refractivity contribution < 1.29 is 0 Å². The van der Waals surface area contributed by atoms with E-state index in [0.717, 1.165) is 5.25 Å². The Kier molecular flexibility index (Phi) is 1.41. The maximum absolute atomic E-state index is 2.37. The Morgan fingerprint density at radius 3 is 2.83 bits per heavy atom. The Hall–Kier alpha value is 0.350. The van der Waals surface area contributed by atoms with Crippen LogP contribution in [0, 0.1) is 6.42 Å². The normalized spacial score (nSPS) is 34.5. The quantitative estimate of drug-likeness (QED) is 0.447. The highest BCUT2D eigenvalue weighted by molar-refractivity contribution is 8.00. The van der Waals surface area contributed by atoms with E-state index < -0.39 is 0 Å². The van der Waals surface area contributed by atoms with E-state index in [2.05, 4.69) is 13.3 Å². The van der Waals surface area contributed by atoms with Gasteiger partial charge in [0.05, 0.1) is 0 Å². The summed E-state index contributed by atoms with van der Waals surface area (Å²) in [7, 11) is 0. The topological polar surface area (TPSA) is 0 Å². The van der Waals surface area contributed by atoms with Gasteiger partial charge in [0.15, 0.2) is 0 Å². The molecule has 1 fully saturated rings. The van der Waals surface area contributed by atoms with Gasteiger partial charge in [0, 0.05) is 5.25 Å². The average Bonchev–Trinajstić information content (AvgIpc) is 1.86. The van der Waals surface area contributed by atoms with Gasteiger partial charge in [-0.25, -0.2) is 0 Å². The molecule has 0 N–H and O–H groups in total. The van der Waals surface area contributed by atoms with Crippen LogP contribution in [0.15, 0.2) is 0 Å². The van der Waals surface area contributed by atoms with Crippen LogP contribution in [-0.2, 0) is 0 Å². The summed E-state index contributed by atoms with van der Waals surface area (Å²) in [5.41, 5.74) is 0. The average molecular weight is 101 g/mol. The second kappa shape index (κ2) is 1.87. The summed E-state index contributed by atoms with van der Waals surface area (Å²) in [4.78, 5) is 0. The first-order valence-electron chi connectivity index (χ1n) is 2.34. The minimum absolute atomic E-state index is 0.838. The lowest BCUT2D eigenvalue weighted by atomic mass is 10.3. The van der Waals surface area contributed by atoms with Gasteiger partial charge in [0.25, 0.3) is 0 Å². The van der Waals surface area contributed by atoms with E-state index >= 15 is 0 Å². The molecule has 1 rings (SSSR count). The molecule has 0 aromatic carbocycles. The Bertz CT molecular complexity index is 37.2. The van der Waals surface area contributed by atoms with Crippen molar-refractivity contribution >= 4 is 11.8 Å². The summed E-state index contributed by atoms with van der Waals surface area (Å²) in [6.45, 7) is 2.25. The summed E-state index contributed by atoms with van der Waals surface area (Å²) >= 11 is 2.04. The maximum atomic E-state index is 2.37. The molecule has 1 radical (unpaired) electrons. The summed E-state index contributed by atoms with van der Waals surface area (Å²) < 4.78 is 0. The fourth-order valence-corrected chi connectivity index (χ4v) is 1.54. The molecule has 6 heavy (non-hydrogen) atoms. The van der Waals surface area contributed by atoms with Gasteiger partial charge in [-0.3, -0.25) is 0 Å². The highest BCUT2D eigenvalue weighted by Crippen LogP contribution is 2.23. The van der Waals surface area contributed by atoms with Crippen molar-refractivity contribution in [2.45, 2.75) is 18.6 Å². The minimum atomic E-state index is 0.838. The van der Waals surface area contributed by atoms with E-state index in [0.29, 0.717) is 0 Å². The molecule has 1 aliphatic rings. The third-order valence-electron chi connectivity index (χ3n) is 0.997. The second-order valence-corrected chi connectivity index (χ2v) is 3.09. The number of rotatable bonds is 0. The van der Waals surface area contributed by atoms with Crippen LogP contribution in [0.5, 0.6) is 0 Å². The van der Waals surface area contributed by atoms with E-state index in [-0.39, 0.29) is 0 Å². The number of hydrogen-bond acceptors (Lipinski definition) is 1. The fourth-order valence-electron chi connectivity index (χ4n) is 0.625. The van der Waals surface area contributed by atoms with E-state index in [9.17, 15) is 0 Å². The summed E-state index contributed by atoms with van der Waals surface area (Å²) in [5.74, 6) is 1.35. The molecule has 0 nitrogen and oxygen atoms in total. The van der Waals surface area contributed by atoms with Gasteiger partial charge in [-0.1, -0.05) is 6.92 Å².